The molecule has 0 aliphatic heterocycles. The first kappa shape index (κ1) is 12.8. The molecule has 0 aliphatic rings. The van der Waals surface area contributed by atoms with Crippen molar-refractivity contribution in [3.8, 4) is 0 Å². The van der Waals surface area contributed by atoms with Crippen LogP contribution in [-0.2, 0) is 6.54 Å². The van der Waals surface area contributed by atoms with E-state index in [1.165, 1.54) is 12.1 Å². The maximum atomic E-state index is 12.8. The van der Waals surface area contributed by atoms with Crippen LogP contribution in [0.1, 0.15) is 24.9 Å². The van der Waals surface area contributed by atoms with Crippen LogP contribution >= 0.6 is 0 Å². The van der Waals surface area contributed by atoms with Gasteiger partial charge in [0.1, 0.15) is 5.82 Å². The second-order valence-electron chi connectivity index (χ2n) is 4.35. The molecule has 0 amide bonds. The topological polar surface area (TPSA) is 29.9 Å². The number of benzene rings is 1. The fourth-order valence-corrected chi connectivity index (χ4v) is 1.86. The highest BCUT2D eigenvalue weighted by Gasteiger charge is 2.04. The molecule has 0 radical (unpaired) electrons. The Morgan fingerprint density at radius 1 is 1.33 bits per heavy atom. The van der Waals surface area contributed by atoms with Crippen LogP contribution in [0.5, 0.6) is 0 Å². The fourth-order valence-electron chi connectivity index (χ4n) is 1.86. The van der Waals surface area contributed by atoms with Crippen LogP contribution in [0.3, 0.4) is 0 Å². The van der Waals surface area contributed by atoms with Crippen molar-refractivity contribution in [3.63, 3.8) is 0 Å². The zero-order valence-electron chi connectivity index (χ0n) is 10.5. The molecule has 0 bridgehead atoms. The number of hydrogen-bond donors (Lipinski definition) is 1. The first-order valence-corrected chi connectivity index (χ1v) is 6.22. The Morgan fingerprint density at radius 2 is 2.11 bits per heavy atom. The van der Waals surface area contributed by atoms with E-state index in [4.69, 9.17) is 0 Å². The summed E-state index contributed by atoms with van der Waals surface area (Å²) in [7, 11) is 0. The number of aryl methyl sites for hydroxylation is 1. The normalized spacial score (nSPS) is 12.6. The molecule has 0 aliphatic carbocycles. The van der Waals surface area contributed by atoms with Gasteiger partial charge in [-0.1, -0.05) is 12.1 Å². The van der Waals surface area contributed by atoms with Crippen LogP contribution < -0.4 is 5.32 Å². The van der Waals surface area contributed by atoms with Gasteiger partial charge in [-0.3, -0.25) is 4.68 Å². The van der Waals surface area contributed by atoms with Crippen molar-refractivity contribution >= 4 is 0 Å². The number of aromatic nitrogens is 2. The van der Waals surface area contributed by atoms with Crippen LogP contribution in [0.25, 0.3) is 0 Å². The lowest BCUT2D eigenvalue weighted by Gasteiger charge is -2.14. The number of halogens is 1. The van der Waals surface area contributed by atoms with E-state index in [1.54, 1.807) is 6.20 Å². The summed E-state index contributed by atoms with van der Waals surface area (Å²) in [5.41, 5.74) is 1.11. The highest BCUT2D eigenvalue weighted by molar-refractivity contribution is 5.19. The van der Waals surface area contributed by atoms with Crippen LogP contribution in [0.2, 0.25) is 0 Å². The molecule has 0 saturated carbocycles. The average molecular weight is 247 g/mol. The van der Waals surface area contributed by atoms with Gasteiger partial charge in [0.2, 0.25) is 0 Å². The quantitative estimate of drug-likeness (QED) is 0.795. The van der Waals surface area contributed by atoms with E-state index in [2.05, 4.69) is 17.3 Å². The summed E-state index contributed by atoms with van der Waals surface area (Å²) in [6, 6.07) is 8.80. The van der Waals surface area contributed by atoms with Gasteiger partial charge in [-0.25, -0.2) is 4.39 Å². The Hall–Kier alpha value is -1.68. The maximum Gasteiger partial charge on any atom is 0.123 e. The molecule has 1 atom stereocenters. The molecule has 2 rings (SSSR count). The highest BCUT2D eigenvalue weighted by atomic mass is 19.1. The highest BCUT2D eigenvalue weighted by Crippen LogP contribution is 2.12. The summed E-state index contributed by atoms with van der Waals surface area (Å²) in [4.78, 5) is 0. The van der Waals surface area contributed by atoms with Gasteiger partial charge in [0, 0.05) is 25.0 Å². The number of nitrogens with one attached hydrogen (secondary N) is 1. The molecule has 1 N–H and O–H groups in total. The van der Waals surface area contributed by atoms with E-state index in [9.17, 15) is 4.39 Å². The predicted octanol–water partition coefficient (Wildman–Crippen LogP) is 2.76. The molecule has 4 heteroatoms. The van der Waals surface area contributed by atoms with Gasteiger partial charge in [0.15, 0.2) is 0 Å². The second kappa shape index (κ2) is 6.31. The predicted molar refractivity (Wildman–Crippen MR) is 69.7 cm³/mol. The molecule has 0 fully saturated rings. The Kier molecular flexibility index (Phi) is 4.47. The average Bonchev–Trinajstić information content (AvgIpc) is 2.88. The first-order valence-electron chi connectivity index (χ1n) is 6.22. The summed E-state index contributed by atoms with van der Waals surface area (Å²) in [6.07, 6.45) is 4.77. The van der Waals surface area contributed by atoms with Crippen molar-refractivity contribution in [2.75, 3.05) is 6.54 Å². The SMILES string of the molecule is CC(NCCCn1cccn1)c1ccc(F)cc1. The van der Waals surface area contributed by atoms with Crippen LogP contribution in [0, 0.1) is 5.82 Å². The number of nitrogens with zero attached hydrogens (tertiary/aromatic N) is 2. The molecule has 1 aromatic heterocycles. The van der Waals surface area contributed by atoms with Gasteiger partial charge in [-0.2, -0.15) is 5.10 Å². The van der Waals surface area contributed by atoms with E-state index in [-0.39, 0.29) is 11.9 Å². The molecule has 3 nitrogen and oxygen atoms in total. The summed E-state index contributed by atoms with van der Waals surface area (Å²) in [5, 5.41) is 7.57. The van der Waals surface area contributed by atoms with Crippen molar-refractivity contribution in [3.05, 3.63) is 54.1 Å². The molecule has 96 valence electrons. The minimum absolute atomic E-state index is 0.190. The van der Waals surface area contributed by atoms with Gasteiger partial charge in [-0.05, 0) is 43.7 Å². The van der Waals surface area contributed by atoms with Crippen molar-refractivity contribution in [1.82, 2.24) is 15.1 Å². The van der Waals surface area contributed by atoms with Crippen LogP contribution in [-0.4, -0.2) is 16.3 Å². The van der Waals surface area contributed by atoms with E-state index in [0.717, 1.165) is 25.1 Å². The second-order valence-corrected chi connectivity index (χ2v) is 4.35. The maximum absolute atomic E-state index is 12.8. The van der Waals surface area contributed by atoms with Gasteiger partial charge < -0.3 is 5.32 Å². The fraction of sp³-hybridized carbons (Fsp3) is 0.357. The summed E-state index contributed by atoms with van der Waals surface area (Å²) >= 11 is 0. The minimum atomic E-state index is -0.190. The number of hydrogen-bond acceptors (Lipinski definition) is 2. The third-order valence-corrected chi connectivity index (χ3v) is 2.94. The lowest BCUT2D eigenvalue weighted by Crippen LogP contribution is -2.21. The molecule has 1 heterocycles. The molecule has 0 saturated heterocycles. The summed E-state index contributed by atoms with van der Waals surface area (Å²) in [6.45, 7) is 3.91. The van der Waals surface area contributed by atoms with Gasteiger partial charge in [0.25, 0.3) is 0 Å². The molecular weight excluding hydrogens is 229 g/mol. The lowest BCUT2D eigenvalue weighted by molar-refractivity contribution is 0.506. The Bertz CT molecular complexity index is 450. The van der Waals surface area contributed by atoms with Crippen molar-refractivity contribution < 1.29 is 4.39 Å². The van der Waals surface area contributed by atoms with E-state index >= 15 is 0 Å². The summed E-state index contributed by atoms with van der Waals surface area (Å²) < 4.78 is 14.7. The van der Waals surface area contributed by atoms with Crippen LogP contribution in [0.4, 0.5) is 4.39 Å². The molecule has 2 aromatic rings. The van der Waals surface area contributed by atoms with Crippen molar-refractivity contribution in [1.29, 1.82) is 0 Å². The standard InChI is InChI=1S/C14H18FN3/c1-12(13-4-6-14(15)7-5-13)16-8-2-10-18-11-3-9-17-18/h3-7,9,11-12,16H,2,8,10H2,1H3. The zero-order valence-corrected chi connectivity index (χ0v) is 10.5. The molecule has 1 aromatic carbocycles. The summed E-state index contributed by atoms with van der Waals surface area (Å²) in [5.74, 6) is -0.190. The molecule has 1 unspecified atom stereocenters. The molecule has 0 spiro atoms. The minimum Gasteiger partial charge on any atom is -0.310 e. The van der Waals surface area contributed by atoms with E-state index in [0.29, 0.717) is 0 Å². The Labute approximate surface area is 107 Å². The lowest BCUT2D eigenvalue weighted by atomic mass is 10.1. The molecule has 18 heavy (non-hydrogen) atoms. The van der Waals surface area contributed by atoms with Gasteiger partial charge >= 0.3 is 0 Å². The molecular formula is C14H18FN3. The Balaban J connectivity index is 1.71. The third-order valence-electron chi connectivity index (χ3n) is 2.94. The van der Waals surface area contributed by atoms with Gasteiger partial charge in [0.05, 0.1) is 0 Å². The zero-order chi connectivity index (χ0) is 12.8. The first-order chi connectivity index (χ1) is 8.75. The monoisotopic (exact) mass is 247 g/mol. The Morgan fingerprint density at radius 3 is 2.78 bits per heavy atom. The number of rotatable bonds is 6. The van der Waals surface area contributed by atoms with E-state index in [1.807, 2.05) is 29.1 Å². The van der Waals surface area contributed by atoms with Crippen molar-refractivity contribution in [2.45, 2.75) is 25.9 Å². The third kappa shape index (κ3) is 3.67. The van der Waals surface area contributed by atoms with Crippen LogP contribution in [0.15, 0.2) is 42.7 Å². The van der Waals surface area contributed by atoms with Crippen molar-refractivity contribution in [2.24, 2.45) is 0 Å². The smallest absolute Gasteiger partial charge is 0.123 e. The van der Waals surface area contributed by atoms with E-state index < -0.39 is 0 Å². The largest absolute Gasteiger partial charge is 0.310 e. The van der Waals surface area contributed by atoms with Gasteiger partial charge in [-0.15, -0.1) is 0 Å².